The molecular weight excluding hydrogens is 233 g/mol. The van der Waals surface area contributed by atoms with Crippen LogP contribution in [0.25, 0.3) is 0 Å². The van der Waals surface area contributed by atoms with Crippen LogP contribution >= 0.6 is 11.6 Å². The molecule has 90 valence electrons. The summed E-state index contributed by atoms with van der Waals surface area (Å²) >= 11 is 5.61. The summed E-state index contributed by atoms with van der Waals surface area (Å²) in [5, 5.41) is 12.3. The van der Waals surface area contributed by atoms with E-state index in [2.05, 4.69) is 5.32 Å². The Morgan fingerprint density at radius 1 is 1.56 bits per heavy atom. The van der Waals surface area contributed by atoms with Crippen molar-refractivity contribution in [3.05, 3.63) is 29.0 Å². The molecule has 2 N–H and O–H groups in total. The van der Waals surface area contributed by atoms with Gasteiger partial charge in [0.25, 0.3) is 0 Å². The number of ether oxygens (including phenoxy) is 1. The molecule has 1 rings (SSSR count). The predicted octanol–water partition coefficient (Wildman–Crippen LogP) is 2.29. The summed E-state index contributed by atoms with van der Waals surface area (Å²) in [6.07, 6.45) is -0.668. The van der Waals surface area contributed by atoms with Crippen LogP contribution in [0, 0.1) is 5.82 Å². The minimum absolute atomic E-state index is 0.0595. The molecule has 0 fully saturated rings. The van der Waals surface area contributed by atoms with Gasteiger partial charge >= 0.3 is 0 Å². The molecule has 0 heterocycles. The Balaban J connectivity index is 2.45. The molecule has 0 saturated carbocycles. The first kappa shape index (κ1) is 13.2. The van der Waals surface area contributed by atoms with Crippen molar-refractivity contribution in [3.63, 3.8) is 0 Å². The van der Waals surface area contributed by atoms with Crippen LogP contribution in [0.15, 0.2) is 18.2 Å². The molecule has 1 aromatic rings. The summed E-state index contributed by atoms with van der Waals surface area (Å²) < 4.78 is 18.4. The maximum absolute atomic E-state index is 13.4. The van der Waals surface area contributed by atoms with Crippen LogP contribution in [0.1, 0.15) is 6.92 Å². The second kappa shape index (κ2) is 6.68. The second-order valence-electron chi connectivity index (χ2n) is 3.30. The van der Waals surface area contributed by atoms with Crippen LogP contribution in [0.5, 0.6) is 0 Å². The van der Waals surface area contributed by atoms with E-state index in [1.54, 1.807) is 12.1 Å². The molecule has 0 aliphatic heterocycles. The summed E-state index contributed by atoms with van der Waals surface area (Å²) in [5.41, 5.74) is 0.281. The van der Waals surface area contributed by atoms with Gasteiger partial charge in [-0.25, -0.2) is 4.39 Å². The fourth-order valence-corrected chi connectivity index (χ4v) is 1.36. The van der Waals surface area contributed by atoms with Crippen molar-refractivity contribution in [2.24, 2.45) is 0 Å². The minimum Gasteiger partial charge on any atom is -0.389 e. The first-order chi connectivity index (χ1) is 7.65. The molecule has 1 unspecified atom stereocenters. The van der Waals surface area contributed by atoms with E-state index in [0.29, 0.717) is 6.61 Å². The van der Waals surface area contributed by atoms with Gasteiger partial charge in [-0.1, -0.05) is 17.7 Å². The molecular formula is C11H15ClFNO2. The van der Waals surface area contributed by atoms with Gasteiger partial charge in [0, 0.05) is 13.2 Å². The summed E-state index contributed by atoms with van der Waals surface area (Å²) in [4.78, 5) is 0. The lowest BCUT2D eigenvalue weighted by molar-refractivity contribution is 0.0495. The Bertz CT molecular complexity index is 336. The highest BCUT2D eigenvalue weighted by atomic mass is 35.5. The van der Waals surface area contributed by atoms with Crippen molar-refractivity contribution in [3.8, 4) is 0 Å². The lowest BCUT2D eigenvalue weighted by Gasteiger charge is -2.13. The van der Waals surface area contributed by atoms with Crippen LogP contribution in [-0.4, -0.2) is 31.0 Å². The van der Waals surface area contributed by atoms with E-state index in [-0.39, 0.29) is 23.9 Å². The van der Waals surface area contributed by atoms with E-state index in [1.165, 1.54) is 6.07 Å². The van der Waals surface area contributed by atoms with E-state index in [1.807, 2.05) is 6.92 Å². The first-order valence-corrected chi connectivity index (χ1v) is 5.46. The highest BCUT2D eigenvalue weighted by molar-refractivity contribution is 6.31. The molecule has 0 saturated heterocycles. The van der Waals surface area contributed by atoms with Gasteiger partial charge in [-0.05, 0) is 19.1 Å². The molecule has 0 amide bonds. The molecule has 3 nitrogen and oxygen atoms in total. The highest BCUT2D eigenvalue weighted by Gasteiger charge is 2.08. The van der Waals surface area contributed by atoms with Crippen molar-refractivity contribution in [1.29, 1.82) is 0 Å². The molecule has 0 spiro atoms. The Morgan fingerprint density at radius 2 is 2.31 bits per heavy atom. The lowest BCUT2D eigenvalue weighted by Crippen LogP contribution is -2.25. The zero-order valence-electron chi connectivity index (χ0n) is 9.04. The molecule has 0 bridgehead atoms. The summed E-state index contributed by atoms with van der Waals surface area (Å²) in [7, 11) is 0. The van der Waals surface area contributed by atoms with Gasteiger partial charge in [0.2, 0.25) is 0 Å². The number of hydrogen-bond donors (Lipinski definition) is 2. The molecule has 16 heavy (non-hydrogen) atoms. The number of anilines is 1. The summed E-state index contributed by atoms with van der Waals surface area (Å²) in [6.45, 7) is 2.84. The predicted molar refractivity (Wildman–Crippen MR) is 62.4 cm³/mol. The fourth-order valence-electron chi connectivity index (χ4n) is 1.18. The van der Waals surface area contributed by atoms with Crippen molar-refractivity contribution < 1.29 is 14.2 Å². The maximum atomic E-state index is 13.4. The number of hydrogen-bond acceptors (Lipinski definition) is 3. The minimum atomic E-state index is -0.668. The zero-order chi connectivity index (χ0) is 12.0. The van der Waals surface area contributed by atoms with E-state index in [9.17, 15) is 9.50 Å². The summed E-state index contributed by atoms with van der Waals surface area (Å²) in [6, 6.07) is 4.68. The molecule has 0 radical (unpaired) electrons. The summed E-state index contributed by atoms with van der Waals surface area (Å²) in [5.74, 6) is -0.507. The van der Waals surface area contributed by atoms with E-state index >= 15 is 0 Å². The van der Waals surface area contributed by atoms with E-state index < -0.39 is 11.9 Å². The Kier molecular flexibility index (Phi) is 5.52. The third-order valence-corrected chi connectivity index (χ3v) is 2.29. The second-order valence-corrected chi connectivity index (χ2v) is 3.70. The molecule has 5 heteroatoms. The molecule has 0 aliphatic rings. The van der Waals surface area contributed by atoms with Gasteiger partial charge < -0.3 is 15.2 Å². The monoisotopic (exact) mass is 247 g/mol. The average Bonchev–Trinajstić information content (AvgIpc) is 2.28. The SMILES string of the molecule is CCOCC(O)CNc1cccc(Cl)c1F. The zero-order valence-corrected chi connectivity index (χ0v) is 9.80. The third-order valence-electron chi connectivity index (χ3n) is 1.99. The average molecular weight is 248 g/mol. The van der Waals surface area contributed by atoms with Gasteiger partial charge in [0.05, 0.1) is 23.4 Å². The quantitative estimate of drug-likeness (QED) is 0.811. The fraction of sp³-hybridized carbons (Fsp3) is 0.455. The Labute approximate surface area is 99.2 Å². The largest absolute Gasteiger partial charge is 0.389 e. The van der Waals surface area contributed by atoms with Crippen molar-refractivity contribution in [2.75, 3.05) is 25.1 Å². The van der Waals surface area contributed by atoms with Gasteiger partial charge in [0.15, 0.2) is 5.82 Å². The number of aliphatic hydroxyl groups is 1. The molecule has 0 aliphatic carbocycles. The van der Waals surface area contributed by atoms with Gasteiger partial charge in [-0.3, -0.25) is 0 Å². The van der Waals surface area contributed by atoms with Crippen molar-refractivity contribution >= 4 is 17.3 Å². The number of nitrogens with one attached hydrogen (secondary N) is 1. The van der Waals surface area contributed by atoms with E-state index in [0.717, 1.165) is 0 Å². The standard InChI is InChI=1S/C11H15ClFNO2/c1-2-16-7-8(15)6-14-10-5-3-4-9(12)11(10)13/h3-5,8,14-15H,2,6-7H2,1H3. The number of halogens is 2. The topological polar surface area (TPSA) is 41.5 Å². The van der Waals surface area contributed by atoms with Crippen LogP contribution in [0.3, 0.4) is 0 Å². The van der Waals surface area contributed by atoms with Crippen LogP contribution < -0.4 is 5.32 Å². The van der Waals surface area contributed by atoms with Gasteiger partial charge in [-0.2, -0.15) is 0 Å². The number of rotatable bonds is 6. The van der Waals surface area contributed by atoms with Crippen LogP contribution in [-0.2, 0) is 4.74 Å². The Morgan fingerprint density at radius 3 is 3.00 bits per heavy atom. The van der Waals surface area contributed by atoms with Crippen LogP contribution in [0.2, 0.25) is 5.02 Å². The normalized spacial score (nSPS) is 12.5. The molecule has 1 aromatic carbocycles. The molecule has 1 atom stereocenters. The maximum Gasteiger partial charge on any atom is 0.164 e. The highest BCUT2D eigenvalue weighted by Crippen LogP contribution is 2.21. The number of benzene rings is 1. The van der Waals surface area contributed by atoms with Crippen molar-refractivity contribution in [1.82, 2.24) is 0 Å². The van der Waals surface area contributed by atoms with Crippen LogP contribution in [0.4, 0.5) is 10.1 Å². The first-order valence-electron chi connectivity index (χ1n) is 5.08. The number of aliphatic hydroxyl groups excluding tert-OH is 1. The molecule has 0 aromatic heterocycles. The lowest BCUT2D eigenvalue weighted by atomic mass is 10.3. The Hall–Kier alpha value is -0.840. The van der Waals surface area contributed by atoms with Gasteiger partial charge in [-0.15, -0.1) is 0 Å². The van der Waals surface area contributed by atoms with Crippen molar-refractivity contribution in [2.45, 2.75) is 13.0 Å². The van der Waals surface area contributed by atoms with E-state index in [4.69, 9.17) is 16.3 Å². The third kappa shape index (κ3) is 3.96. The smallest absolute Gasteiger partial charge is 0.164 e. The van der Waals surface area contributed by atoms with Gasteiger partial charge in [0.1, 0.15) is 0 Å².